The van der Waals surface area contributed by atoms with Gasteiger partial charge < -0.3 is 4.90 Å². The van der Waals surface area contributed by atoms with Crippen molar-refractivity contribution in [1.82, 2.24) is 14.5 Å². The third kappa shape index (κ3) is 3.58. The Bertz CT molecular complexity index is 717. The molecule has 0 aliphatic heterocycles. The van der Waals surface area contributed by atoms with Gasteiger partial charge in [0.2, 0.25) is 5.91 Å². The standard InChI is InChI=1S/C15H19N3O2S/c1-4-17(9-11(2)3)13(19)5-7-18-10-16-14-12(15(18)20)6-8-21-14/h6,8,10H,2,4-5,7,9H2,1,3H3. The molecule has 0 atom stereocenters. The highest BCUT2D eigenvalue weighted by Crippen LogP contribution is 2.13. The zero-order valence-electron chi connectivity index (χ0n) is 12.3. The Morgan fingerprint density at radius 1 is 1.52 bits per heavy atom. The first kappa shape index (κ1) is 15.4. The average molecular weight is 305 g/mol. The van der Waals surface area contributed by atoms with Crippen LogP contribution in [0.5, 0.6) is 0 Å². The van der Waals surface area contributed by atoms with Crippen LogP contribution in [0.1, 0.15) is 20.3 Å². The van der Waals surface area contributed by atoms with E-state index in [0.29, 0.717) is 31.4 Å². The molecule has 112 valence electrons. The molecule has 2 rings (SSSR count). The second-order valence-electron chi connectivity index (χ2n) is 5.00. The van der Waals surface area contributed by atoms with E-state index in [4.69, 9.17) is 0 Å². The molecule has 0 saturated carbocycles. The van der Waals surface area contributed by atoms with Gasteiger partial charge in [0.15, 0.2) is 0 Å². The zero-order chi connectivity index (χ0) is 15.4. The highest BCUT2D eigenvalue weighted by Gasteiger charge is 2.12. The van der Waals surface area contributed by atoms with Gasteiger partial charge in [0.25, 0.3) is 5.56 Å². The lowest BCUT2D eigenvalue weighted by Crippen LogP contribution is -2.33. The lowest BCUT2D eigenvalue weighted by Gasteiger charge is -2.21. The third-order valence-corrected chi connectivity index (χ3v) is 4.03. The van der Waals surface area contributed by atoms with Crippen molar-refractivity contribution in [2.45, 2.75) is 26.8 Å². The van der Waals surface area contributed by atoms with E-state index in [1.807, 2.05) is 19.2 Å². The van der Waals surface area contributed by atoms with Crippen molar-refractivity contribution in [3.8, 4) is 0 Å². The number of nitrogens with zero attached hydrogens (tertiary/aromatic N) is 3. The van der Waals surface area contributed by atoms with Crippen LogP contribution >= 0.6 is 11.3 Å². The summed E-state index contributed by atoms with van der Waals surface area (Å²) in [6.45, 7) is 9.22. The van der Waals surface area contributed by atoms with E-state index in [9.17, 15) is 9.59 Å². The minimum absolute atomic E-state index is 0.0258. The summed E-state index contributed by atoms with van der Waals surface area (Å²) in [6, 6.07) is 1.77. The van der Waals surface area contributed by atoms with E-state index in [0.717, 1.165) is 10.4 Å². The van der Waals surface area contributed by atoms with Crippen LogP contribution in [0.15, 0.2) is 34.7 Å². The molecule has 6 heteroatoms. The first-order valence-corrected chi connectivity index (χ1v) is 7.75. The summed E-state index contributed by atoms with van der Waals surface area (Å²) in [5, 5.41) is 2.46. The molecule has 5 nitrogen and oxygen atoms in total. The summed E-state index contributed by atoms with van der Waals surface area (Å²) in [5.74, 6) is 0.0258. The minimum atomic E-state index is -0.0861. The van der Waals surface area contributed by atoms with Gasteiger partial charge in [-0.3, -0.25) is 14.2 Å². The van der Waals surface area contributed by atoms with Gasteiger partial charge in [0.1, 0.15) is 4.83 Å². The summed E-state index contributed by atoms with van der Waals surface area (Å²) < 4.78 is 1.50. The van der Waals surface area contributed by atoms with Gasteiger partial charge in [-0.2, -0.15) is 0 Å². The summed E-state index contributed by atoms with van der Waals surface area (Å²) in [5.41, 5.74) is 0.862. The molecule has 0 unspecified atom stereocenters. The van der Waals surface area contributed by atoms with E-state index >= 15 is 0 Å². The number of fused-ring (bicyclic) bond motifs is 1. The highest BCUT2D eigenvalue weighted by molar-refractivity contribution is 7.16. The molecular weight excluding hydrogens is 286 g/mol. The number of rotatable bonds is 6. The first-order valence-electron chi connectivity index (χ1n) is 6.87. The Morgan fingerprint density at radius 2 is 2.29 bits per heavy atom. The van der Waals surface area contributed by atoms with E-state index in [2.05, 4.69) is 11.6 Å². The van der Waals surface area contributed by atoms with E-state index in [-0.39, 0.29) is 11.5 Å². The van der Waals surface area contributed by atoms with Gasteiger partial charge in [-0.25, -0.2) is 4.98 Å². The number of likely N-dealkylation sites (N-methyl/N-ethyl adjacent to an activating group) is 1. The predicted molar refractivity (Wildman–Crippen MR) is 85.6 cm³/mol. The van der Waals surface area contributed by atoms with Crippen LogP contribution in [0.4, 0.5) is 0 Å². The minimum Gasteiger partial charge on any atom is -0.339 e. The van der Waals surface area contributed by atoms with Crippen molar-refractivity contribution in [2.24, 2.45) is 0 Å². The normalized spacial score (nSPS) is 10.8. The smallest absolute Gasteiger partial charge is 0.262 e. The molecule has 0 N–H and O–H groups in total. The van der Waals surface area contributed by atoms with Gasteiger partial charge in [-0.05, 0) is 25.3 Å². The predicted octanol–water partition coefficient (Wildman–Crippen LogP) is 2.27. The molecule has 0 saturated heterocycles. The Labute approximate surface area is 127 Å². The third-order valence-electron chi connectivity index (χ3n) is 3.21. The second kappa shape index (κ2) is 6.67. The Morgan fingerprint density at radius 3 is 2.95 bits per heavy atom. The van der Waals surface area contributed by atoms with E-state index in [1.54, 1.807) is 11.0 Å². The van der Waals surface area contributed by atoms with Crippen molar-refractivity contribution in [3.63, 3.8) is 0 Å². The molecule has 0 fully saturated rings. The quantitative estimate of drug-likeness (QED) is 0.769. The number of aryl methyl sites for hydroxylation is 1. The average Bonchev–Trinajstić information content (AvgIpc) is 2.92. The number of hydrogen-bond donors (Lipinski definition) is 0. The number of aromatic nitrogens is 2. The van der Waals surface area contributed by atoms with Crippen LogP contribution in [0.3, 0.4) is 0 Å². The number of carbonyl (C=O) groups excluding carboxylic acids is 1. The number of carbonyl (C=O) groups is 1. The van der Waals surface area contributed by atoms with Gasteiger partial charge in [0, 0.05) is 26.1 Å². The maximum Gasteiger partial charge on any atom is 0.262 e. The molecule has 0 aliphatic carbocycles. The van der Waals surface area contributed by atoms with Crippen molar-refractivity contribution < 1.29 is 4.79 Å². The largest absolute Gasteiger partial charge is 0.339 e. The van der Waals surface area contributed by atoms with Crippen molar-refractivity contribution >= 4 is 27.5 Å². The molecular formula is C15H19N3O2S. The van der Waals surface area contributed by atoms with Crippen LogP contribution in [-0.4, -0.2) is 33.4 Å². The molecule has 2 heterocycles. The van der Waals surface area contributed by atoms with E-state index < -0.39 is 0 Å². The van der Waals surface area contributed by atoms with Crippen molar-refractivity contribution in [3.05, 3.63) is 40.3 Å². The number of thiophene rings is 1. The maximum absolute atomic E-state index is 12.2. The molecule has 2 aromatic rings. The molecule has 0 aliphatic rings. The Hall–Kier alpha value is -1.95. The Kier molecular flexibility index (Phi) is 4.90. The summed E-state index contributed by atoms with van der Waals surface area (Å²) in [4.78, 5) is 31.1. The van der Waals surface area contributed by atoms with Crippen LogP contribution < -0.4 is 5.56 Å². The van der Waals surface area contributed by atoms with Gasteiger partial charge in [-0.15, -0.1) is 11.3 Å². The van der Waals surface area contributed by atoms with Gasteiger partial charge in [0.05, 0.1) is 11.7 Å². The molecule has 0 radical (unpaired) electrons. The van der Waals surface area contributed by atoms with Crippen molar-refractivity contribution in [2.75, 3.05) is 13.1 Å². The Balaban J connectivity index is 2.07. The molecule has 2 aromatic heterocycles. The lowest BCUT2D eigenvalue weighted by atomic mass is 10.2. The summed E-state index contributed by atoms with van der Waals surface area (Å²) in [7, 11) is 0. The summed E-state index contributed by atoms with van der Waals surface area (Å²) in [6.07, 6.45) is 1.81. The van der Waals surface area contributed by atoms with Crippen LogP contribution in [0, 0.1) is 0 Å². The highest BCUT2D eigenvalue weighted by atomic mass is 32.1. The fourth-order valence-electron chi connectivity index (χ4n) is 2.13. The van der Waals surface area contributed by atoms with E-state index in [1.165, 1.54) is 22.2 Å². The SMILES string of the molecule is C=C(C)CN(CC)C(=O)CCn1cnc2sccc2c1=O. The summed E-state index contributed by atoms with van der Waals surface area (Å²) >= 11 is 1.44. The van der Waals surface area contributed by atoms with Crippen LogP contribution in [-0.2, 0) is 11.3 Å². The van der Waals surface area contributed by atoms with Gasteiger partial charge in [-0.1, -0.05) is 12.2 Å². The molecule has 0 spiro atoms. The topological polar surface area (TPSA) is 55.2 Å². The number of hydrogen-bond acceptors (Lipinski definition) is 4. The van der Waals surface area contributed by atoms with Crippen LogP contribution in [0.2, 0.25) is 0 Å². The number of amides is 1. The molecule has 0 aromatic carbocycles. The maximum atomic E-state index is 12.2. The van der Waals surface area contributed by atoms with Crippen LogP contribution in [0.25, 0.3) is 10.2 Å². The molecule has 21 heavy (non-hydrogen) atoms. The fraction of sp³-hybridized carbons (Fsp3) is 0.400. The van der Waals surface area contributed by atoms with Crippen molar-refractivity contribution in [1.29, 1.82) is 0 Å². The lowest BCUT2D eigenvalue weighted by molar-refractivity contribution is -0.130. The zero-order valence-corrected chi connectivity index (χ0v) is 13.2. The van der Waals surface area contributed by atoms with Gasteiger partial charge >= 0.3 is 0 Å². The monoisotopic (exact) mass is 305 g/mol. The first-order chi connectivity index (χ1) is 10.0. The molecule has 1 amide bonds. The fourth-order valence-corrected chi connectivity index (χ4v) is 2.85. The second-order valence-corrected chi connectivity index (χ2v) is 5.89. The molecule has 0 bridgehead atoms.